The highest BCUT2D eigenvalue weighted by Gasteiger charge is 2.17. The van der Waals surface area contributed by atoms with E-state index in [2.05, 4.69) is 26.6 Å². The van der Waals surface area contributed by atoms with Crippen LogP contribution >= 0.6 is 0 Å². The third kappa shape index (κ3) is 6.22. The number of nitrogens with one attached hydrogen (secondary N) is 2. The molecule has 3 aromatic rings. The van der Waals surface area contributed by atoms with Crippen LogP contribution in [0.2, 0.25) is 0 Å². The van der Waals surface area contributed by atoms with Crippen molar-refractivity contribution in [2.45, 2.75) is 32.3 Å². The summed E-state index contributed by atoms with van der Waals surface area (Å²) in [6.07, 6.45) is 4.54. The van der Waals surface area contributed by atoms with E-state index >= 15 is 0 Å². The molecule has 0 saturated carbocycles. The predicted molar refractivity (Wildman–Crippen MR) is 138 cm³/mol. The van der Waals surface area contributed by atoms with Gasteiger partial charge in [-0.3, -0.25) is 4.98 Å². The SMILES string of the molecule is CNC(=O)Nc1ccc(Oc2ccnc3cc(OC[C@H](O)CN4CCCCC4)c(C#N)cc23)cc1C. The fourth-order valence-electron chi connectivity index (χ4n) is 4.27. The number of aliphatic hydroxyl groups is 1. The maximum atomic E-state index is 11.6. The normalized spacial score (nSPS) is 14.6. The smallest absolute Gasteiger partial charge is 0.318 e. The van der Waals surface area contributed by atoms with Crippen molar-refractivity contribution in [2.75, 3.05) is 38.6 Å². The van der Waals surface area contributed by atoms with Crippen molar-refractivity contribution >= 4 is 22.6 Å². The number of aryl methyl sites for hydroxylation is 1. The van der Waals surface area contributed by atoms with Gasteiger partial charge >= 0.3 is 6.03 Å². The molecule has 1 aliphatic rings. The second kappa shape index (κ2) is 11.7. The molecule has 1 atom stereocenters. The topological polar surface area (TPSA) is 120 Å². The van der Waals surface area contributed by atoms with Crippen LogP contribution < -0.4 is 20.1 Å². The van der Waals surface area contributed by atoms with Gasteiger partial charge in [0.2, 0.25) is 0 Å². The maximum absolute atomic E-state index is 11.6. The number of aromatic nitrogens is 1. The standard InChI is InChI=1S/C27H31N5O4/c1-18-12-21(6-7-23(18)31-27(34)29-2)36-25-8-9-30-24-14-26(19(15-28)13-22(24)25)35-17-20(33)16-32-10-4-3-5-11-32/h6-9,12-14,20,33H,3-5,10-11,16-17H2,1-2H3,(H2,29,31,34)/t20-/m1/s1. The predicted octanol–water partition coefficient (Wildman–Crippen LogP) is 4.18. The molecule has 188 valence electrons. The highest BCUT2D eigenvalue weighted by atomic mass is 16.5. The molecule has 3 N–H and O–H groups in total. The Morgan fingerprint density at radius 2 is 2.00 bits per heavy atom. The Balaban J connectivity index is 1.50. The summed E-state index contributed by atoms with van der Waals surface area (Å²) in [6.45, 7) is 4.52. The maximum Gasteiger partial charge on any atom is 0.318 e. The number of nitrogens with zero attached hydrogens (tertiary/aromatic N) is 3. The molecular weight excluding hydrogens is 458 g/mol. The van der Waals surface area contributed by atoms with E-state index in [1.807, 2.05) is 13.0 Å². The number of hydrogen-bond donors (Lipinski definition) is 3. The van der Waals surface area contributed by atoms with Crippen LogP contribution in [0.3, 0.4) is 0 Å². The van der Waals surface area contributed by atoms with Gasteiger partial charge in [-0.25, -0.2) is 4.79 Å². The summed E-state index contributed by atoms with van der Waals surface area (Å²) < 4.78 is 12.0. The fraction of sp³-hybridized carbons (Fsp3) is 0.370. The molecule has 36 heavy (non-hydrogen) atoms. The number of nitriles is 1. The van der Waals surface area contributed by atoms with Crippen LogP contribution in [-0.4, -0.2) is 60.4 Å². The van der Waals surface area contributed by atoms with Crippen molar-refractivity contribution in [1.82, 2.24) is 15.2 Å². The Morgan fingerprint density at radius 3 is 2.72 bits per heavy atom. The lowest BCUT2D eigenvalue weighted by atomic mass is 10.1. The lowest BCUT2D eigenvalue weighted by Gasteiger charge is -2.28. The zero-order chi connectivity index (χ0) is 25.5. The van der Waals surface area contributed by atoms with Crippen LogP contribution in [0.5, 0.6) is 17.2 Å². The second-order valence-corrected chi connectivity index (χ2v) is 8.90. The van der Waals surface area contributed by atoms with Gasteiger partial charge in [0, 0.05) is 36.9 Å². The van der Waals surface area contributed by atoms with E-state index in [9.17, 15) is 15.2 Å². The van der Waals surface area contributed by atoms with Gasteiger partial charge in [-0.1, -0.05) is 6.42 Å². The van der Waals surface area contributed by atoms with E-state index < -0.39 is 6.10 Å². The molecule has 0 bridgehead atoms. The molecule has 0 spiro atoms. The van der Waals surface area contributed by atoms with E-state index in [1.165, 1.54) is 6.42 Å². The summed E-state index contributed by atoms with van der Waals surface area (Å²) >= 11 is 0. The Kier molecular flexibility index (Phi) is 8.21. The number of carbonyl (C=O) groups is 1. The quantitative estimate of drug-likeness (QED) is 0.434. The summed E-state index contributed by atoms with van der Waals surface area (Å²) in [5, 5.41) is 26.1. The Hall–Kier alpha value is -3.87. The number of carbonyl (C=O) groups excluding carboxylic acids is 1. The van der Waals surface area contributed by atoms with E-state index in [4.69, 9.17) is 9.47 Å². The molecule has 9 nitrogen and oxygen atoms in total. The number of fused-ring (bicyclic) bond motifs is 1. The molecule has 9 heteroatoms. The van der Waals surface area contributed by atoms with E-state index in [-0.39, 0.29) is 12.6 Å². The number of ether oxygens (including phenoxy) is 2. The summed E-state index contributed by atoms with van der Waals surface area (Å²) in [4.78, 5) is 18.3. The van der Waals surface area contributed by atoms with Crippen molar-refractivity contribution in [3.05, 3.63) is 53.7 Å². The minimum Gasteiger partial charge on any atom is -0.489 e. The number of hydrogen-bond acceptors (Lipinski definition) is 7. The van der Waals surface area contributed by atoms with Crippen molar-refractivity contribution in [2.24, 2.45) is 0 Å². The number of likely N-dealkylation sites (tertiary alicyclic amines) is 1. The fourth-order valence-corrected chi connectivity index (χ4v) is 4.27. The number of anilines is 1. The number of β-amino-alcohol motifs (C(OH)–C–C–N with tert-alkyl or cyclic N) is 1. The molecule has 0 radical (unpaired) electrons. The van der Waals surface area contributed by atoms with E-state index in [0.29, 0.717) is 45.9 Å². The van der Waals surface area contributed by atoms with Crippen LogP contribution in [0.15, 0.2) is 42.6 Å². The van der Waals surface area contributed by atoms with Crippen molar-refractivity contribution in [3.8, 4) is 23.3 Å². The summed E-state index contributed by atoms with van der Waals surface area (Å²) in [5.41, 5.74) is 2.47. The first-order valence-electron chi connectivity index (χ1n) is 12.1. The molecule has 2 heterocycles. The lowest BCUT2D eigenvalue weighted by molar-refractivity contribution is 0.0617. The lowest BCUT2D eigenvalue weighted by Crippen LogP contribution is -2.38. The second-order valence-electron chi connectivity index (χ2n) is 8.90. The van der Waals surface area contributed by atoms with Gasteiger partial charge in [0.1, 0.15) is 36.0 Å². The highest BCUT2D eigenvalue weighted by Crippen LogP contribution is 2.34. The Morgan fingerprint density at radius 1 is 1.19 bits per heavy atom. The van der Waals surface area contributed by atoms with Crippen molar-refractivity contribution in [3.63, 3.8) is 0 Å². The van der Waals surface area contributed by atoms with Gasteiger partial charge in [-0.05, 0) is 68.8 Å². The first-order chi connectivity index (χ1) is 17.5. The molecule has 0 unspecified atom stereocenters. The largest absolute Gasteiger partial charge is 0.489 e. The zero-order valence-corrected chi connectivity index (χ0v) is 20.6. The monoisotopic (exact) mass is 489 g/mol. The summed E-state index contributed by atoms with van der Waals surface area (Å²) in [7, 11) is 1.56. The van der Waals surface area contributed by atoms with Crippen LogP contribution in [0, 0.1) is 18.3 Å². The minimum absolute atomic E-state index is 0.0998. The summed E-state index contributed by atoms with van der Waals surface area (Å²) in [6, 6.07) is 12.4. The average molecular weight is 490 g/mol. The number of rotatable bonds is 8. The number of benzene rings is 2. The molecule has 1 fully saturated rings. The molecule has 4 rings (SSSR count). The highest BCUT2D eigenvalue weighted by molar-refractivity contribution is 5.90. The first-order valence-corrected chi connectivity index (χ1v) is 12.1. The van der Waals surface area contributed by atoms with Crippen LogP contribution in [0.25, 0.3) is 10.9 Å². The van der Waals surface area contributed by atoms with Gasteiger partial charge in [0.15, 0.2) is 0 Å². The van der Waals surface area contributed by atoms with Crippen molar-refractivity contribution in [1.29, 1.82) is 5.26 Å². The zero-order valence-electron chi connectivity index (χ0n) is 20.6. The van der Waals surface area contributed by atoms with Gasteiger partial charge < -0.3 is 30.1 Å². The third-order valence-corrected chi connectivity index (χ3v) is 6.17. The molecule has 1 saturated heterocycles. The van der Waals surface area contributed by atoms with Crippen LogP contribution in [0.4, 0.5) is 10.5 Å². The number of urea groups is 1. The van der Waals surface area contributed by atoms with E-state index in [1.54, 1.807) is 43.6 Å². The molecule has 2 amide bonds. The number of aliphatic hydroxyl groups excluding tert-OH is 1. The molecule has 2 aromatic carbocycles. The van der Waals surface area contributed by atoms with E-state index in [0.717, 1.165) is 31.5 Å². The third-order valence-electron chi connectivity index (χ3n) is 6.17. The van der Waals surface area contributed by atoms with Gasteiger partial charge in [0.25, 0.3) is 0 Å². The average Bonchev–Trinajstić information content (AvgIpc) is 2.89. The molecule has 1 aromatic heterocycles. The molecular formula is C27H31N5O4. The number of amides is 2. The molecule has 1 aliphatic heterocycles. The van der Waals surface area contributed by atoms with Crippen LogP contribution in [-0.2, 0) is 0 Å². The Labute approximate surface area is 210 Å². The van der Waals surface area contributed by atoms with Crippen molar-refractivity contribution < 1.29 is 19.4 Å². The molecule has 0 aliphatic carbocycles. The number of piperidine rings is 1. The Bertz CT molecular complexity index is 1270. The van der Waals surface area contributed by atoms with Crippen LogP contribution in [0.1, 0.15) is 30.4 Å². The first kappa shape index (κ1) is 25.2. The van der Waals surface area contributed by atoms with Gasteiger partial charge in [0.05, 0.1) is 11.1 Å². The minimum atomic E-state index is -0.642. The number of pyridine rings is 1. The summed E-state index contributed by atoms with van der Waals surface area (Å²) in [5.74, 6) is 1.51. The van der Waals surface area contributed by atoms with Gasteiger partial charge in [-0.2, -0.15) is 5.26 Å². The van der Waals surface area contributed by atoms with Gasteiger partial charge in [-0.15, -0.1) is 0 Å².